The number of para-hydroxylation sites is 1. The second-order valence-electron chi connectivity index (χ2n) is 6.74. The van der Waals surface area contributed by atoms with Crippen molar-refractivity contribution in [3.8, 4) is 0 Å². The van der Waals surface area contributed by atoms with Crippen LogP contribution in [0.4, 0.5) is 16.6 Å². The second kappa shape index (κ2) is 10.9. The van der Waals surface area contributed by atoms with E-state index < -0.39 is 11.2 Å². The molecule has 2 heterocycles. The molecular formula is C21H22N4O5S2. The number of carbonyl (C=O) groups is 3. The van der Waals surface area contributed by atoms with Crippen molar-refractivity contribution in [2.75, 3.05) is 16.0 Å². The molecule has 0 unspecified atom stereocenters. The molecule has 11 heteroatoms. The van der Waals surface area contributed by atoms with Gasteiger partial charge in [0.1, 0.15) is 12.4 Å². The minimum atomic E-state index is -0.486. The summed E-state index contributed by atoms with van der Waals surface area (Å²) in [5.74, 6) is 0.00559. The summed E-state index contributed by atoms with van der Waals surface area (Å²) in [7, 11) is 0. The lowest BCUT2D eigenvalue weighted by atomic mass is 10.3. The molecule has 0 bridgehead atoms. The molecule has 1 N–H and O–H groups in total. The quantitative estimate of drug-likeness (QED) is 0.464. The molecule has 0 saturated heterocycles. The average Bonchev–Trinajstić information content (AvgIpc) is 3.40. The van der Waals surface area contributed by atoms with Crippen LogP contribution in [0.3, 0.4) is 0 Å². The third-order valence-corrected chi connectivity index (χ3v) is 6.13. The Bertz CT molecular complexity index is 1080. The number of amides is 2. The summed E-state index contributed by atoms with van der Waals surface area (Å²) in [6, 6.07) is 10.8. The first kappa shape index (κ1) is 23.5. The lowest BCUT2D eigenvalue weighted by molar-refractivity contribution is -0.141. The Morgan fingerprint density at radius 2 is 2.03 bits per heavy atom. The van der Waals surface area contributed by atoms with Crippen molar-refractivity contribution in [1.82, 2.24) is 10.1 Å². The number of thioether (sulfide) groups is 1. The number of nitrogens with one attached hydrogen (secondary N) is 1. The number of hydrogen-bond acceptors (Lipinski definition) is 9. The van der Waals surface area contributed by atoms with E-state index in [9.17, 15) is 14.4 Å². The highest BCUT2D eigenvalue weighted by Crippen LogP contribution is 2.29. The highest BCUT2D eigenvalue weighted by atomic mass is 32.2. The molecule has 32 heavy (non-hydrogen) atoms. The molecule has 2 amide bonds. The molecule has 2 aromatic heterocycles. The van der Waals surface area contributed by atoms with E-state index in [1.807, 2.05) is 30.3 Å². The van der Waals surface area contributed by atoms with Gasteiger partial charge in [-0.1, -0.05) is 23.4 Å². The van der Waals surface area contributed by atoms with Gasteiger partial charge in [-0.05, 0) is 26.0 Å². The Morgan fingerprint density at radius 1 is 1.28 bits per heavy atom. The van der Waals surface area contributed by atoms with Gasteiger partial charge in [-0.3, -0.25) is 19.3 Å². The van der Waals surface area contributed by atoms with Crippen molar-refractivity contribution < 1.29 is 23.6 Å². The predicted molar refractivity (Wildman–Crippen MR) is 123 cm³/mol. The van der Waals surface area contributed by atoms with Crippen LogP contribution in [0.2, 0.25) is 0 Å². The van der Waals surface area contributed by atoms with Gasteiger partial charge < -0.3 is 14.6 Å². The van der Waals surface area contributed by atoms with Crippen molar-refractivity contribution in [2.45, 2.75) is 32.6 Å². The van der Waals surface area contributed by atoms with E-state index >= 15 is 0 Å². The van der Waals surface area contributed by atoms with Gasteiger partial charge >= 0.3 is 5.97 Å². The fourth-order valence-corrected chi connectivity index (χ4v) is 4.14. The molecule has 9 nitrogen and oxygen atoms in total. The maximum Gasteiger partial charge on any atom is 0.316 e. The minimum absolute atomic E-state index is 0.00695. The van der Waals surface area contributed by atoms with Crippen LogP contribution in [0.25, 0.3) is 0 Å². The highest BCUT2D eigenvalue weighted by Gasteiger charge is 2.19. The number of hydrogen-bond donors (Lipinski definition) is 1. The standard InChI is InChI=1S/C21H22N4O5S2/c1-13-9-18(24-30-13)23-20(28)14(2)31-12-19(27)29-10-16-11-32-21(22-16)25(15(3)26)17-7-5-4-6-8-17/h4-9,11,14H,10,12H2,1-3H3,(H,23,24,28)/t14-/m1/s1. The van der Waals surface area contributed by atoms with Gasteiger partial charge in [-0.2, -0.15) is 0 Å². The molecule has 3 aromatic rings. The van der Waals surface area contributed by atoms with Crippen LogP contribution < -0.4 is 10.2 Å². The number of thiazole rings is 1. The summed E-state index contributed by atoms with van der Waals surface area (Å²) in [6.07, 6.45) is 0. The lowest BCUT2D eigenvalue weighted by Gasteiger charge is -2.17. The Kier molecular flexibility index (Phi) is 8.01. The maximum absolute atomic E-state index is 12.1. The Labute approximate surface area is 193 Å². The average molecular weight is 475 g/mol. The largest absolute Gasteiger partial charge is 0.459 e. The van der Waals surface area contributed by atoms with Crippen LogP contribution in [0.5, 0.6) is 0 Å². The molecule has 0 spiro atoms. The zero-order valence-corrected chi connectivity index (χ0v) is 19.4. The summed E-state index contributed by atoms with van der Waals surface area (Å²) < 4.78 is 10.2. The molecule has 0 aliphatic carbocycles. The first-order valence-corrected chi connectivity index (χ1v) is 11.6. The number of anilines is 3. The summed E-state index contributed by atoms with van der Waals surface area (Å²) in [5, 5.41) is 8.08. The lowest BCUT2D eigenvalue weighted by Crippen LogP contribution is -2.24. The molecule has 1 atom stereocenters. The van der Waals surface area contributed by atoms with Crippen LogP contribution in [0.1, 0.15) is 25.3 Å². The third-order valence-electron chi connectivity index (χ3n) is 4.14. The van der Waals surface area contributed by atoms with Crippen LogP contribution in [0.15, 0.2) is 46.3 Å². The van der Waals surface area contributed by atoms with Crippen LogP contribution in [0, 0.1) is 6.92 Å². The maximum atomic E-state index is 12.1. The smallest absolute Gasteiger partial charge is 0.316 e. The first-order chi connectivity index (χ1) is 15.3. The number of carbonyl (C=O) groups excluding carboxylic acids is 3. The molecule has 0 saturated carbocycles. The monoisotopic (exact) mass is 474 g/mol. The molecule has 168 valence electrons. The van der Waals surface area contributed by atoms with E-state index in [-0.39, 0.29) is 24.2 Å². The molecule has 1 aromatic carbocycles. The fraction of sp³-hybridized carbons (Fsp3) is 0.286. The van der Waals surface area contributed by atoms with E-state index in [1.165, 1.54) is 23.2 Å². The third kappa shape index (κ3) is 6.41. The number of esters is 1. The van der Waals surface area contributed by atoms with Crippen molar-refractivity contribution >= 4 is 57.5 Å². The predicted octanol–water partition coefficient (Wildman–Crippen LogP) is 3.93. The topological polar surface area (TPSA) is 115 Å². The van der Waals surface area contributed by atoms with E-state index in [0.29, 0.717) is 28.1 Å². The van der Waals surface area contributed by atoms with Gasteiger partial charge in [0.05, 0.1) is 22.4 Å². The molecule has 0 fully saturated rings. The number of aromatic nitrogens is 2. The Balaban J connectivity index is 1.47. The highest BCUT2D eigenvalue weighted by molar-refractivity contribution is 8.01. The van der Waals surface area contributed by atoms with Crippen molar-refractivity contribution in [3.05, 3.63) is 53.2 Å². The van der Waals surface area contributed by atoms with Gasteiger partial charge in [-0.25, -0.2) is 4.98 Å². The van der Waals surface area contributed by atoms with Crippen LogP contribution >= 0.6 is 23.1 Å². The summed E-state index contributed by atoms with van der Waals surface area (Å²) in [6.45, 7) is 4.86. The van der Waals surface area contributed by atoms with E-state index in [4.69, 9.17) is 9.26 Å². The number of aryl methyl sites for hydroxylation is 1. The Morgan fingerprint density at radius 3 is 2.69 bits per heavy atom. The SMILES string of the molecule is CC(=O)N(c1ccccc1)c1nc(COC(=O)CS[C@H](C)C(=O)Nc2cc(C)on2)cs1. The number of ether oxygens (including phenoxy) is 1. The molecule has 0 radical (unpaired) electrons. The molecule has 3 rings (SSSR count). The Hall–Kier alpha value is -3.18. The van der Waals surface area contributed by atoms with Crippen molar-refractivity contribution in [3.63, 3.8) is 0 Å². The number of rotatable bonds is 9. The summed E-state index contributed by atoms with van der Waals surface area (Å²) >= 11 is 2.44. The van der Waals surface area contributed by atoms with Gasteiger partial charge in [0, 0.05) is 18.4 Å². The minimum Gasteiger partial charge on any atom is -0.459 e. The van der Waals surface area contributed by atoms with E-state index in [0.717, 1.165) is 11.8 Å². The number of benzene rings is 1. The van der Waals surface area contributed by atoms with Gasteiger partial charge in [0.25, 0.3) is 0 Å². The second-order valence-corrected chi connectivity index (χ2v) is 8.90. The van der Waals surface area contributed by atoms with E-state index in [2.05, 4.69) is 15.5 Å². The van der Waals surface area contributed by atoms with Gasteiger partial charge in [0.2, 0.25) is 11.8 Å². The zero-order chi connectivity index (χ0) is 23.1. The van der Waals surface area contributed by atoms with Crippen molar-refractivity contribution in [2.24, 2.45) is 0 Å². The molecule has 0 aliphatic rings. The fourth-order valence-electron chi connectivity index (χ4n) is 2.59. The molecular weight excluding hydrogens is 452 g/mol. The van der Waals surface area contributed by atoms with Gasteiger partial charge in [0.15, 0.2) is 10.9 Å². The summed E-state index contributed by atoms with van der Waals surface area (Å²) in [5.41, 5.74) is 1.25. The normalized spacial score (nSPS) is 11.6. The first-order valence-electron chi connectivity index (χ1n) is 9.65. The van der Waals surface area contributed by atoms with Crippen LogP contribution in [-0.4, -0.2) is 38.9 Å². The molecule has 0 aliphatic heterocycles. The zero-order valence-electron chi connectivity index (χ0n) is 17.7. The van der Waals surface area contributed by atoms with Crippen molar-refractivity contribution in [1.29, 1.82) is 0 Å². The summed E-state index contributed by atoms with van der Waals surface area (Å²) in [4.78, 5) is 42.2. The van der Waals surface area contributed by atoms with E-state index in [1.54, 1.807) is 25.3 Å². The van der Waals surface area contributed by atoms with Gasteiger partial charge in [-0.15, -0.1) is 23.1 Å². The number of nitrogens with zero attached hydrogens (tertiary/aromatic N) is 3. The van der Waals surface area contributed by atoms with Crippen LogP contribution in [-0.2, 0) is 25.7 Å².